The third kappa shape index (κ3) is 2.35. The summed E-state index contributed by atoms with van der Waals surface area (Å²) in [5.41, 5.74) is -2.47. The van der Waals surface area contributed by atoms with Gasteiger partial charge in [-0.25, -0.2) is 4.39 Å². The molecule has 1 atom stereocenters. The molecule has 10 heteroatoms. The lowest BCUT2D eigenvalue weighted by Gasteiger charge is -2.28. The van der Waals surface area contributed by atoms with Crippen LogP contribution in [0.15, 0.2) is 46.9 Å². The second-order valence-electron chi connectivity index (χ2n) is 7.27. The van der Waals surface area contributed by atoms with Gasteiger partial charge in [-0.1, -0.05) is 6.07 Å². The predicted molar refractivity (Wildman–Crippen MR) is 95.9 cm³/mol. The molecule has 1 unspecified atom stereocenters. The molecule has 1 amide bonds. The number of furan rings is 1. The van der Waals surface area contributed by atoms with Crippen LogP contribution in [-0.4, -0.2) is 12.7 Å². The zero-order valence-corrected chi connectivity index (χ0v) is 15.5. The van der Waals surface area contributed by atoms with Crippen LogP contribution in [0.1, 0.15) is 22.6 Å². The topological polar surface area (TPSA) is 61.1 Å². The summed E-state index contributed by atoms with van der Waals surface area (Å²) in [5, 5.41) is 0. The Balaban J connectivity index is 1.47. The first-order valence-electron chi connectivity index (χ1n) is 9.19. The van der Waals surface area contributed by atoms with Crippen LogP contribution in [-0.2, 0) is 23.2 Å². The summed E-state index contributed by atoms with van der Waals surface area (Å²) in [6.45, 7) is -0.424. The van der Waals surface area contributed by atoms with E-state index in [1.807, 2.05) is 0 Å². The standard InChI is InChI=1S/C21H11F4NO5/c22-20-11-6-15-16(29-9-28-15)7-14(11)31-13-3-1-2-12(18(13)20)26(19(20)27)8-10-4-5-17(30-10)21(23,24)25/h1-7H,8-9H2. The smallest absolute Gasteiger partial charge is 0.449 e. The Morgan fingerprint density at radius 1 is 1.00 bits per heavy atom. The van der Waals surface area contributed by atoms with Gasteiger partial charge in [0.25, 0.3) is 5.91 Å². The summed E-state index contributed by atoms with van der Waals surface area (Å²) in [6.07, 6.45) is -4.67. The minimum Gasteiger partial charge on any atom is -0.456 e. The summed E-state index contributed by atoms with van der Waals surface area (Å²) >= 11 is 0. The lowest BCUT2D eigenvalue weighted by Crippen LogP contribution is -2.38. The van der Waals surface area contributed by atoms with E-state index in [4.69, 9.17) is 18.6 Å². The van der Waals surface area contributed by atoms with Crippen molar-refractivity contribution >= 4 is 11.6 Å². The molecule has 6 rings (SSSR count). The van der Waals surface area contributed by atoms with Gasteiger partial charge in [0.15, 0.2) is 11.5 Å². The van der Waals surface area contributed by atoms with Gasteiger partial charge in [0, 0.05) is 6.07 Å². The monoisotopic (exact) mass is 433 g/mol. The number of anilines is 1. The third-order valence-corrected chi connectivity index (χ3v) is 5.50. The number of carbonyl (C=O) groups excluding carboxylic acids is 1. The average Bonchev–Trinajstić information content (AvgIpc) is 3.42. The molecule has 0 radical (unpaired) electrons. The molecule has 158 valence electrons. The largest absolute Gasteiger partial charge is 0.456 e. The van der Waals surface area contributed by atoms with E-state index >= 15 is 4.39 Å². The Bertz CT molecular complexity index is 1270. The van der Waals surface area contributed by atoms with E-state index in [2.05, 4.69) is 0 Å². The van der Waals surface area contributed by atoms with Gasteiger partial charge in [-0.3, -0.25) is 4.79 Å². The highest BCUT2D eigenvalue weighted by molar-refractivity contribution is 6.11. The van der Waals surface area contributed by atoms with E-state index in [-0.39, 0.29) is 53.2 Å². The van der Waals surface area contributed by atoms with Gasteiger partial charge in [0.1, 0.15) is 17.3 Å². The van der Waals surface area contributed by atoms with Crippen LogP contribution in [0.2, 0.25) is 0 Å². The second-order valence-corrected chi connectivity index (χ2v) is 7.27. The van der Waals surface area contributed by atoms with E-state index in [0.29, 0.717) is 5.75 Å². The first-order chi connectivity index (χ1) is 14.8. The quantitative estimate of drug-likeness (QED) is 0.539. The summed E-state index contributed by atoms with van der Waals surface area (Å²) in [4.78, 5) is 14.4. The normalized spacial score (nSPS) is 20.5. The molecule has 0 fully saturated rings. The average molecular weight is 433 g/mol. The molecule has 3 aliphatic rings. The van der Waals surface area contributed by atoms with Crippen molar-refractivity contribution in [2.24, 2.45) is 0 Å². The van der Waals surface area contributed by atoms with E-state index in [1.165, 1.54) is 24.3 Å². The fourth-order valence-corrected chi connectivity index (χ4v) is 4.15. The Morgan fingerprint density at radius 3 is 2.52 bits per heavy atom. The number of ether oxygens (including phenoxy) is 3. The predicted octanol–water partition coefficient (Wildman–Crippen LogP) is 4.89. The van der Waals surface area contributed by atoms with Crippen molar-refractivity contribution < 1.29 is 41.0 Å². The van der Waals surface area contributed by atoms with Gasteiger partial charge in [0.2, 0.25) is 18.2 Å². The van der Waals surface area contributed by atoms with Crippen molar-refractivity contribution in [3.8, 4) is 23.0 Å². The van der Waals surface area contributed by atoms with Crippen LogP contribution in [0.4, 0.5) is 23.2 Å². The van der Waals surface area contributed by atoms with Gasteiger partial charge in [-0.05, 0) is 30.3 Å². The molecule has 6 nitrogen and oxygen atoms in total. The van der Waals surface area contributed by atoms with E-state index in [9.17, 15) is 18.0 Å². The maximum atomic E-state index is 16.6. The number of carbonyl (C=O) groups is 1. The zero-order valence-electron chi connectivity index (χ0n) is 15.5. The van der Waals surface area contributed by atoms with Crippen LogP contribution < -0.4 is 19.1 Å². The van der Waals surface area contributed by atoms with Crippen LogP contribution in [0.25, 0.3) is 0 Å². The minimum absolute atomic E-state index is 0.00559. The first kappa shape index (κ1) is 18.1. The lowest BCUT2D eigenvalue weighted by atomic mass is 9.86. The molecule has 0 aliphatic carbocycles. The highest BCUT2D eigenvalue weighted by Crippen LogP contribution is 2.59. The van der Waals surface area contributed by atoms with Crippen LogP contribution in [0, 0.1) is 0 Å². The van der Waals surface area contributed by atoms with Crippen molar-refractivity contribution in [1.29, 1.82) is 0 Å². The molecule has 0 saturated heterocycles. The van der Waals surface area contributed by atoms with Gasteiger partial charge < -0.3 is 23.5 Å². The number of alkyl halides is 4. The van der Waals surface area contributed by atoms with E-state index in [1.54, 1.807) is 6.07 Å². The van der Waals surface area contributed by atoms with Crippen molar-refractivity contribution in [2.45, 2.75) is 18.4 Å². The van der Waals surface area contributed by atoms with Crippen molar-refractivity contribution in [2.75, 3.05) is 11.7 Å². The maximum absolute atomic E-state index is 16.6. The SMILES string of the molecule is O=C1N(Cc2ccc(C(F)(F)F)o2)c2cccc3c2C1(F)c1cc2c(cc1O3)OCO2. The van der Waals surface area contributed by atoms with Gasteiger partial charge in [-0.15, -0.1) is 0 Å². The number of amides is 1. The van der Waals surface area contributed by atoms with Crippen LogP contribution >= 0.6 is 0 Å². The molecule has 3 aliphatic heterocycles. The number of hydrogen-bond acceptors (Lipinski definition) is 5. The zero-order chi connectivity index (χ0) is 21.5. The van der Waals surface area contributed by atoms with Gasteiger partial charge in [-0.2, -0.15) is 13.2 Å². The van der Waals surface area contributed by atoms with Crippen molar-refractivity contribution in [1.82, 2.24) is 0 Å². The summed E-state index contributed by atoms with van der Waals surface area (Å²) < 4.78 is 76.5. The molecule has 0 saturated carbocycles. The molecule has 4 heterocycles. The van der Waals surface area contributed by atoms with Crippen molar-refractivity contribution in [3.05, 3.63) is 65.1 Å². The molecule has 31 heavy (non-hydrogen) atoms. The molecular weight excluding hydrogens is 422 g/mol. The molecule has 3 aromatic rings. The molecule has 0 spiro atoms. The second kappa shape index (κ2) is 5.71. The number of fused-ring (bicyclic) bond motifs is 3. The van der Waals surface area contributed by atoms with E-state index in [0.717, 1.165) is 17.0 Å². The maximum Gasteiger partial charge on any atom is 0.449 e. The van der Waals surface area contributed by atoms with Crippen LogP contribution in [0.3, 0.4) is 0 Å². The number of halogens is 4. The fraction of sp³-hybridized carbons (Fsp3) is 0.190. The Morgan fingerprint density at radius 2 is 1.77 bits per heavy atom. The molecular formula is C21H11F4NO5. The lowest BCUT2D eigenvalue weighted by molar-refractivity contribution is -0.153. The number of rotatable bonds is 2. The number of nitrogens with zero attached hydrogens (tertiary/aromatic N) is 1. The highest BCUT2D eigenvalue weighted by atomic mass is 19.4. The van der Waals surface area contributed by atoms with E-state index < -0.39 is 23.5 Å². The van der Waals surface area contributed by atoms with Gasteiger partial charge in [0.05, 0.1) is 23.4 Å². The molecule has 1 aromatic heterocycles. The Labute approximate surface area is 171 Å². The third-order valence-electron chi connectivity index (χ3n) is 5.50. The Hall–Kier alpha value is -3.69. The van der Waals surface area contributed by atoms with Crippen LogP contribution in [0.5, 0.6) is 23.0 Å². The number of hydrogen-bond donors (Lipinski definition) is 0. The summed E-state index contributed by atoms with van der Waals surface area (Å²) in [6, 6.07) is 9.29. The van der Waals surface area contributed by atoms with Crippen molar-refractivity contribution in [3.63, 3.8) is 0 Å². The summed E-state index contributed by atoms with van der Waals surface area (Å²) in [5.74, 6) is -1.41. The minimum atomic E-state index is -4.67. The first-order valence-corrected chi connectivity index (χ1v) is 9.19. The van der Waals surface area contributed by atoms with Gasteiger partial charge >= 0.3 is 6.18 Å². The fourth-order valence-electron chi connectivity index (χ4n) is 4.15. The summed E-state index contributed by atoms with van der Waals surface area (Å²) in [7, 11) is 0. The molecule has 0 N–H and O–H groups in total. The number of benzene rings is 2. The molecule has 0 bridgehead atoms. The molecule has 2 aromatic carbocycles. The highest BCUT2D eigenvalue weighted by Gasteiger charge is 2.59. The Kier molecular flexibility index (Phi) is 3.34.